The smallest absolute Gasteiger partial charge is 0.213 e. The van der Waals surface area contributed by atoms with Crippen molar-refractivity contribution in [1.29, 1.82) is 0 Å². The molecule has 1 saturated heterocycles. The van der Waals surface area contributed by atoms with E-state index in [1.807, 2.05) is 12.1 Å². The molecule has 2 aliphatic rings. The molecule has 1 fully saturated rings. The molecule has 1 aromatic heterocycles. The third kappa shape index (κ3) is 4.07. The molecule has 3 rings (SSSR count). The quantitative estimate of drug-likeness (QED) is 0.868. The van der Waals surface area contributed by atoms with Gasteiger partial charge in [-0.15, -0.1) is 0 Å². The predicted octanol–water partition coefficient (Wildman–Crippen LogP) is 1.08. The van der Waals surface area contributed by atoms with E-state index in [0.717, 1.165) is 44.1 Å². The highest BCUT2D eigenvalue weighted by atomic mass is 16.5. The van der Waals surface area contributed by atoms with Crippen LogP contribution in [0.5, 0.6) is 5.88 Å². The fourth-order valence-corrected chi connectivity index (χ4v) is 2.44. The minimum absolute atomic E-state index is 0.219. The SMILES string of the molecule is CC1CN=C(NCc2ccnc(OC3CCOCC3)c2)N1. The van der Waals surface area contributed by atoms with Crippen LogP contribution >= 0.6 is 0 Å². The van der Waals surface area contributed by atoms with Gasteiger partial charge in [0.1, 0.15) is 6.10 Å². The summed E-state index contributed by atoms with van der Waals surface area (Å²) in [6, 6.07) is 4.39. The summed E-state index contributed by atoms with van der Waals surface area (Å²) in [5, 5.41) is 6.58. The van der Waals surface area contributed by atoms with Crippen molar-refractivity contribution in [3.05, 3.63) is 23.9 Å². The first-order chi connectivity index (χ1) is 10.3. The van der Waals surface area contributed by atoms with Crippen LogP contribution in [0.4, 0.5) is 0 Å². The van der Waals surface area contributed by atoms with Crippen LogP contribution in [0.1, 0.15) is 25.3 Å². The monoisotopic (exact) mass is 290 g/mol. The van der Waals surface area contributed by atoms with Gasteiger partial charge in [-0.25, -0.2) is 4.98 Å². The van der Waals surface area contributed by atoms with Crippen LogP contribution in [0.3, 0.4) is 0 Å². The second-order valence-corrected chi connectivity index (χ2v) is 5.52. The van der Waals surface area contributed by atoms with Crippen LogP contribution in [-0.4, -0.2) is 42.8 Å². The largest absolute Gasteiger partial charge is 0.474 e. The van der Waals surface area contributed by atoms with Gasteiger partial charge in [0.25, 0.3) is 0 Å². The van der Waals surface area contributed by atoms with Gasteiger partial charge in [-0.05, 0) is 18.6 Å². The Balaban J connectivity index is 1.53. The van der Waals surface area contributed by atoms with Gasteiger partial charge in [-0.3, -0.25) is 4.99 Å². The van der Waals surface area contributed by atoms with Crippen LogP contribution in [0, 0.1) is 0 Å². The highest BCUT2D eigenvalue weighted by Gasteiger charge is 2.16. The van der Waals surface area contributed by atoms with E-state index in [-0.39, 0.29) is 6.10 Å². The summed E-state index contributed by atoms with van der Waals surface area (Å²) in [7, 11) is 0. The van der Waals surface area contributed by atoms with Crippen molar-refractivity contribution in [3.63, 3.8) is 0 Å². The molecule has 114 valence electrons. The number of ether oxygens (including phenoxy) is 2. The number of nitrogens with one attached hydrogen (secondary N) is 2. The number of guanidine groups is 1. The van der Waals surface area contributed by atoms with Crippen molar-refractivity contribution >= 4 is 5.96 Å². The highest BCUT2D eigenvalue weighted by molar-refractivity contribution is 5.81. The molecule has 3 heterocycles. The molecular formula is C15H22N4O2. The number of nitrogens with zero attached hydrogens (tertiary/aromatic N) is 2. The van der Waals surface area contributed by atoms with E-state index in [9.17, 15) is 0 Å². The zero-order valence-electron chi connectivity index (χ0n) is 12.3. The van der Waals surface area contributed by atoms with Crippen molar-refractivity contribution in [2.75, 3.05) is 19.8 Å². The predicted molar refractivity (Wildman–Crippen MR) is 80.4 cm³/mol. The Bertz CT molecular complexity index is 500. The average molecular weight is 290 g/mol. The summed E-state index contributed by atoms with van der Waals surface area (Å²) in [5.74, 6) is 1.56. The van der Waals surface area contributed by atoms with E-state index in [1.165, 1.54) is 0 Å². The molecule has 0 amide bonds. The van der Waals surface area contributed by atoms with Crippen LogP contribution < -0.4 is 15.4 Å². The molecule has 21 heavy (non-hydrogen) atoms. The molecule has 0 saturated carbocycles. The van der Waals surface area contributed by atoms with E-state index in [0.29, 0.717) is 18.5 Å². The summed E-state index contributed by atoms with van der Waals surface area (Å²) in [6.07, 6.45) is 3.88. The van der Waals surface area contributed by atoms with Gasteiger partial charge in [-0.1, -0.05) is 0 Å². The Hall–Kier alpha value is -1.82. The van der Waals surface area contributed by atoms with Crippen molar-refractivity contribution in [2.24, 2.45) is 4.99 Å². The van der Waals surface area contributed by atoms with E-state index < -0.39 is 0 Å². The van der Waals surface area contributed by atoms with Gasteiger partial charge in [-0.2, -0.15) is 0 Å². The Labute approximate surface area is 125 Å². The van der Waals surface area contributed by atoms with Gasteiger partial charge in [0.2, 0.25) is 5.88 Å². The third-order valence-electron chi connectivity index (χ3n) is 3.62. The first-order valence-corrected chi connectivity index (χ1v) is 7.54. The van der Waals surface area contributed by atoms with Crippen molar-refractivity contribution in [2.45, 2.75) is 38.5 Å². The fraction of sp³-hybridized carbons (Fsp3) is 0.600. The van der Waals surface area contributed by atoms with Crippen LogP contribution in [-0.2, 0) is 11.3 Å². The number of rotatable bonds is 4. The van der Waals surface area contributed by atoms with E-state index >= 15 is 0 Å². The molecule has 0 aromatic carbocycles. The molecule has 6 nitrogen and oxygen atoms in total. The zero-order valence-corrected chi connectivity index (χ0v) is 12.3. The highest BCUT2D eigenvalue weighted by Crippen LogP contribution is 2.16. The summed E-state index contributed by atoms with van der Waals surface area (Å²) in [6.45, 7) is 5.21. The minimum atomic E-state index is 0.219. The lowest BCUT2D eigenvalue weighted by Crippen LogP contribution is -2.37. The maximum absolute atomic E-state index is 5.92. The Morgan fingerprint density at radius 3 is 3.05 bits per heavy atom. The first kappa shape index (κ1) is 14.1. The molecule has 1 aromatic rings. The van der Waals surface area contributed by atoms with E-state index in [4.69, 9.17) is 9.47 Å². The number of pyridine rings is 1. The zero-order chi connectivity index (χ0) is 14.5. The molecule has 2 N–H and O–H groups in total. The summed E-state index contributed by atoms with van der Waals surface area (Å²) >= 11 is 0. The van der Waals surface area contributed by atoms with Gasteiger partial charge < -0.3 is 20.1 Å². The molecule has 6 heteroatoms. The topological polar surface area (TPSA) is 67.8 Å². The summed E-state index contributed by atoms with van der Waals surface area (Å²) in [5.41, 5.74) is 1.14. The normalized spacial score (nSPS) is 22.5. The fourth-order valence-electron chi connectivity index (χ4n) is 2.44. The van der Waals surface area contributed by atoms with Gasteiger partial charge in [0.05, 0.1) is 19.8 Å². The number of hydrogen-bond acceptors (Lipinski definition) is 6. The van der Waals surface area contributed by atoms with E-state index in [2.05, 4.69) is 27.5 Å². The third-order valence-corrected chi connectivity index (χ3v) is 3.62. The second kappa shape index (κ2) is 6.76. The lowest BCUT2D eigenvalue weighted by molar-refractivity contribution is 0.0237. The standard InChI is InChI=1S/C15H22N4O2/c1-11-9-17-15(19-11)18-10-12-2-5-16-14(8-12)21-13-3-6-20-7-4-13/h2,5,8,11,13H,3-4,6-7,9-10H2,1H3,(H2,17,18,19). The maximum Gasteiger partial charge on any atom is 0.213 e. The first-order valence-electron chi connectivity index (χ1n) is 7.54. The molecule has 0 spiro atoms. The molecule has 0 radical (unpaired) electrons. The molecular weight excluding hydrogens is 268 g/mol. The van der Waals surface area contributed by atoms with Gasteiger partial charge in [0.15, 0.2) is 5.96 Å². The molecule has 0 aliphatic carbocycles. The maximum atomic E-state index is 5.92. The Kier molecular flexibility index (Phi) is 4.55. The average Bonchev–Trinajstić information content (AvgIpc) is 2.92. The van der Waals surface area contributed by atoms with Gasteiger partial charge >= 0.3 is 0 Å². The van der Waals surface area contributed by atoms with Crippen molar-refractivity contribution in [1.82, 2.24) is 15.6 Å². The van der Waals surface area contributed by atoms with Crippen LogP contribution in [0.15, 0.2) is 23.3 Å². The molecule has 1 unspecified atom stereocenters. The molecule has 0 bridgehead atoms. The number of aliphatic imine (C=N–C) groups is 1. The summed E-state index contributed by atoms with van der Waals surface area (Å²) < 4.78 is 11.3. The number of hydrogen-bond donors (Lipinski definition) is 2. The number of aromatic nitrogens is 1. The Morgan fingerprint density at radius 2 is 2.29 bits per heavy atom. The lowest BCUT2D eigenvalue weighted by atomic mass is 10.1. The summed E-state index contributed by atoms with van der Waals surface area (Å²) in [4.78, 5) is 8.67. The van der Waals surface area contributed by atoms with Crippen molar-refractivity contribution < 1.29 is 9.47 Å². The Morgan fingerprint density at radius 1 is 1.43 bits per heavy atom. The van der Waals surface area contributed by atoms with E-state index in [1.54, 1.807) is 6.20 Å². The minimum Gasteiger partial charge on any atom is -0.474 e. The lowest BCUT2D eigenvalue weighted by Gasteiger charge is -2.22. The second-order valence-electron chi connectivity index (χ2n) is 5.52. The van der Waals surface area contributed by atoms with Gasteiger partial charge in [0, 0.05) is 37.7 Å². The van der Waals surface area contributed by atoms with Crippen LogP contribution in [0.2, 0.25) is 0 Å². The molecule has 2 aliphatic heterocycles. The van der Waals surface area contributed by atoms with Crippen LogP contribution in [0.25, 0.3) is 0 Å². The van der Waals surface area contributed by atoms with Crippen molar-refractivity contribution in [3.8, 4) is 5.88 Å². The molecule has 1 atom stereocenters.